The van der Waals surface area contributed by atoms with Crippen LogP contribution in [0.25, 0.3) is 38.6 Å². The topological polar surface area (TPSA) is 26.5 Å². The smallest absolute Gasteiger partial charge is 0.145 e. The zero-order valence-electron chi connectivity index (χ0n) is 27.6. The third kappa shape index (κ3) is 6.40. The molecule has 0 aliphatic carbocycles. The Hall–Kier alpha value is -3.12. The van der Waals surface area contributed by atoms with Gasteiger partial charge in [0.15, 0.2) is 0 Å². The van der Waals surface area contributed by atoms with E-state index in [0.717, 1.165) is 38.7 Å². The van der Waals surface area contributed by atoms with Crippen LogP contribution in [0.2, 0.25) is 0 Å². The number of benzene rings is 3. The standard InChI is InChI=1S/C30H30F2N2OS.C5H12.C2H6/c1-7-30(8-2,36-32)22-11-9-10-21-27(22)29-33-16-25(26-18(4)12-17(3)13-19(26)5)34(29)24-15-20(35-6)14-23(31)28(21)24;1-3-5-4-2;1-2/h9-16H,7-8H2,1-6H3;3-5H2,1-2H3;1-2H3. The molecule has 232 valence electrons. The Labute approximate surface area is 261 Å². The summed E-state index contributed by atoms with van der Waals surface area (Å²) in [6, 6.07) is 13.3. The van der Waals surface area contributed by atoms with E-state index in [1.807, 2.05) is 62.6 Å². The fourth-order valence-corrected chi connectivity index (χ4v) is 6.65. The molecule has 2 heterocycles. The number of aromatic nitrogens is 2. The second-order valence-electron chi connectivity index (χ2n) is 10.9. The van der Waals surface area contributed by atoms with Crippen molar-refractivity contribution in [1.29, 1.82) is 0 Å². The molecule has 0 saturated carbocycles. The highest BCUT2D eigenvalue weighted by atomic mass is 32.2. The molecule has 0 unspecified atom stereocenters. The van der Waals surface area contributed by atoms with Crippen molar-refractivity contribution in [2.75, 3.05) is 7.11 Å². The quantitative estimate of drug-likeness (QED) is 0.164. The minimum absolute atomic E-state index is 0.368. The van der Waals surface area contributed by atoms with E-state index in [9.17, 15) is 3.89 Å². The Morgan fingerprint density at radius 2 is 1.53 bits per heavy atom. The summed E-state index contributed by atoms with van der Waals surface area (Å²) < 4.78 is 37.2. The van der Waals surface area contributed by atoms with Gasteiger partial charge in [0.1, 0.15) is 17.2 Å². The Kier molecular flexibility index (Phi) is 12.0. The average Bonchev–Trinajstić information content (AvgIpc) is 3.44. The Morgan fingerprint density at radius 1 is 0.907 bits per heavy atom. The van der Waals surface area contributed by atoms with Crippen molar-refractivity contribution < 1.29 is 13.0 Å². The maximum absolute atomic E-state index is 15.8. The molecule has 0 spiro atoms. The van der Waals surface area contributed by atoms with Crippen LogP contribution in [0, 0.1) is 26.6 Å². The van der Waals surface area contributed by atoms with Gasteiger partial charge in [0.25, 0.3) is 0 Å². The Bertz CT molecular complexity index is 1650. The molecule has 0 saturated heterocycles. The summed E-state index contributed by atoms with van der Waals surface area (Å²) in [6.07, 6.45) is 7.13. The molecule has 3 nitrogen and oxygen atoms in total. The highest BCUT2D eigenvalue weighted by Crippen LogP contribution is 2.48. The SMILES string of the molecule is CC.CCC(CC)(SF)c1cccc2c3c(F)cc(OC)cc3n3c(-c4c(C)cc(C)cc4C)cnc3c12.CCCCC. The predicted octanol–water partition coefficient (Wildman–Crippen LogP) is 12.2. The van der Waals surface area contributed by atoms with E-state index < -0.39 is 4.75 Å². The third-order valence-corrected chi connectivity index (χ3v) is 9.35. The van der Waals surface area contributed by atoms with E-state index in [1.54, 1.807) is 0 Å². The highest BCUT2D eigenvalue weighted by Gasteiger charge is 2.34. The van der Waals surface area contributed by atoms with Gasteiger partial charge in [-0.05, 0) is 55.7 Å². The largest absolute Gasteiger partial charge is 0.497 e. The van der Waals surface area contributed by atoms with Crippen LogP contribution in [0.3, 0.4) is 0 Å². The van der Waals surface area contributed by atoms with E-state index >= 15 is 4.39 Å². The van der Waals surface area contributed by atoms with Crippen molar-refractivity contribution >= 4 is 39.5 Å². The van der Waals surface area contributed by atoms with Crippen LogP contribution in [0.15, 0.2) is 48.7 Å². The maximum atomic E-state index is 15.8. The number of imidazole rings is 1. The number of hydrogen-bond acceptors (Lipinski definition) is 3. The second-order valence-corrected chi connectivity index (χ2v) is 11.9. The zero-order valence-corrected chi connectivity index (χ0v) is 28.4. The molecule has 6 heteroatoms. The van der Waals surface area contributed by atoms with Crippen LogP contribution in [-0.2, 0) is 4.75 Å². The van der Waals surface area contributed by atoms with Gasteiger partial charge in [0.05, 0.1) is 41.4 Å². The maximum Gasteiger partial charge on any atom is 0.145 e. The molecule has 3 aromatic carbocycles. The molecule has 0 aliphatic rings. The number of methoxy groups -OCH3 is 1. The van der Waals surface area contributed by atoms with Gasteiger partial charge in [-0.2, -0.15) is 3.89 Å². The number of rotatable bonds is 8. The number of nitrogens with zero attached hydrogens (tertiary/aromatic N) is 2. The van der Waals surface area contributed by atoms with Crippen molar-refractivity contribution in [2.45, 2.75) is 99.2 Å². The van der Waals surface area contributed by atoms with E-state index in [1.165, 1.54) is 38.0 Å². The Morgan fingerprint density at radius 3 is 2.05 bits per heavy atom. The fraction of sp³-hybridized carbons (Fsp3) is 0.432. The lowest BCUT2D eigenvalue weighted by Crippen LogP contribution is -2.19. The molecule has 0 atom stereocenters. The molecule has 0 bridgehead atoms. The van der Waals surface area contributed by atoms with Crippen LogP contribution in [0.5, 0.6) is 5.75 Å². The van der Waals surface area contributed by atoms with Crippen LogP contribution in [0.4, 0.5) is 8.28 Å². The number of hydrogen-bond donors (Lipinski definition) is 0. The van der Waals surface area contributed by atoms with Gasteiger partial charge in [0, 0.05) is 28.5 Å². The predicted molar refractivity (Wildman–Crippen MR) is 184 cm³/mol. The van der Waals surface area contributed by atoms with E-state index in [0.29, 0.717) is 47.3 Å². The highest BCUT2D eigenvalue weighted by molar-refractivity contribution is 7.95. The Balaban J connectivity index is 0.000000657. The van der Waals surface area contributed by atoms with Crippen LogP contribution < -0.4 is 4.74 Å². The van der Waals surface area contributed by atoms with Crippen LogP contribution in [-0.4, -0.2) is 16.5 Å². The summed E-state index contributed by atoms with van der Waals surface area (Å²) >= 11 is 0.368. The summed E-state index contributed by atoms with van der Waals surface area (Å²) in [5.41, 5.74) is 7.57. The van der Waals surface area contributed by atoms with Crippen molar-refractivity contribution in [3.8, 4) is 17.0 Å². The van der Waals surface area contributed by atoms with Crippen molar-refractivity contribution in [3.05, 3.63) is 76.7 Å². The van der Waals surface area contributed by atoms with E-state index in [2.05, 4.69) is 46.8 Å². The number of pyridine rings is 1. The normalized spacial score (nSPS) is 11.3. The van der Waals surface area contributed by atoms with E-state index in [4.69, 9.17) is 9.72 Å². The number of unbranched alkanes of at least 4 members (excludes halogenated alkanes) is 2. The first kappa shape index (κ1) is 34.4. The number of aryl methyl sites for hydroxylation is 3. The van der Waals surface area contributed by atoms with Crippen molar-refractivity contribution in [1.82, 2.24) is 9.38 Å². The monoisotopic (exact) mass is 606 g/mol. The average molecular weight is 607 g/mol. The first-order valence-electron chi connectivity index (χ1n) is 15.7. The lowest BCUT2D eigenvalue weighted by Gasteiger charge is -2.29. The zero-order chi connectivity index (χ0) is 31.9. The minimum atomic E-state index is -0.752. The summed E-state index contributed by atoms with van der Waals surface area (Å²) in [7, 11) is 1.54. The summed E-state index contributed by atoms with van der Waals surface area (Å²) in [5.74, 6) is 0.0569. The number of halogens is 2. The van der Waals surface area contributed by atoms with Crippen LogP contribution in [0.1, 0.15) is 95.9 Å². The molecule has 0 radical (unpaired) electrons. The molecular weight excluding hydrogens is 558 g/mol. The molecule has 43 heavy (non-hydrogen) atoms. The third-order valence-electron chi connectivity index (χ3n) is 8.26. The van der Waals surface area contributed by atoms with Gasteiger partial charge in [-0.25, -0.2) is 9.37 Å². The van der Waals surface area contributed by atoms with Gasteiger partial charge in [0.2, 0.25) is 0 Å². The van der Waals surface area contributed by atoms with E-state index in [-0.39, 0.29) is 5.82 Å². The number of fused-ring (bicyclic) bond motifs is 6. The minimum Gasteiger partial charge on any atom is -0.497 e. The second kappa shape index (κ2) is 15.1. The molecule has 5 rings (SSSR count). The summed E-state index contributed by atoms with van der Waals surface area (Å²) in [5, 5.41) is 1.99. The molecule has 2 aromatic heterocycles. The van der Waals surface area contributed by atoms with Gasteiger partial charge < -0.3 is 4.74 Å². The molecule has 0 amide bonds. The summed E-state index contributed by atoms with van der Waals surface area (Å²) in [4.78, 5) is 4.91. The molecular formula is C37H48F2N2OS. The lowest BCUT2D eigenvalue weighted by atomic mass is 9.88. The molecule has 5 aromatic rings. The first-order valence-corrected chi connectivity index (χ1v) is 16.4. The van der Waals surface area contributed by atoms with Crippen molar-refractivity contribution in [2.24, 2.45) is 0 Å². The van der Waals surface area contributed by atoms with Gasteiger partial charge in [-0.1, -0.05) is 96.7 Å². The van der Waals surface area contributed by atoms with Crippen LogP contribution >= 0.6 is 12.1 Å². The summed E-state index contributed by atoms with van der Waals surface area (Å²) in [6.45, 7) is 18.7. The fourth-order valence-electron chi connectivity index (χ4n) is 6.18. The lowest BCUT2D eigenvalue weighted by molar-refractivity contribution is 0.412. The molecule has 0 fully saturated rings. The molecule has 0 aliphatic heterocycles. The number of ether oxygens (including phenoxy) is 1. The first-order chi connectivity index (χ1) is 20.7. The van der Waals surface area contributed by atoms with Crippen molar-refractivity contribution in [3.63, 3.8) is 0 Å². The molecule has 0 N–H and O–H groups in total. The van der Waals surface area contributed by atoms with Gasteiger partial charge in [-0.15, -0.1) is 0 Å². The van der Waals surface area contributed by atoms with Gasteiger partial charge in [-0.3, -0.25) is 4.40 Å². The van der Waals surface area contributed by atoms with Gasteiger partial charge >= 0.3 is 0 Å².